The van der Waals surface area contributed by atoms with Gasteiger partial charge in [-0.2, -0.15) is 0 Å². The van der Waals surface area contributed by atoms with Crippen LogP contribution in [0.4, 0.5) is 20.6 Å². The van der Waals surface area contributed by atoms with Crippen LogP contribution in [0.3, 0.4) is 0 Å². The van der Waals surface area contributed by atoms with Crippen LogP contribution in [0, 0.1) is 12.7 Å². The van der Waals surface area contributed by atoms with Crippen molar-refractivity contribution in [1.29, 1.82) is 0 Å². The van der Waals surface area contributed by atoms with Crippen LogP contribution in [0.25, 0.3) is 0 Å². The summed E-state index contributed by atoms with van der Waals surface area (Å²) in [5.74, 6) is -0.948. The molecule has 0 unspecified atom stereocenters. The Morgan fingerprint density at radius 1 is 1.09 bits per heavy atom. The van der Waals surface area contributed by atoms with Crippen molar-refractivity contribution in [2.24, 2.45) is 0 Å². The van der Waals surface area contributed by atoms with Crippen LogP contribution in [-0.4, -0.2) is 11.9 Å². The molecule has 23 heavy (non-hydrogen) atoms. The van der Waals surface area contributed by atoms with Gasteiger partial charge in [0.15, 0.2) is 0 Å². The highest BCUT2D eigenvalue weighted by atomic mass is 19.1. The van der Waals surface area contributed by atoms with E-state index in [0.29, 0.717) is 12.2 Å². The third-order valence-electron chi connectivity index (χ3n) is 3.07. The van der Waals surface area contributed by atoms with E-state index in [1.54, 1.807) is 0 Å². The number of rotatable bonds is 4. The number of carbonyl (C=O) groups is 2. The van der Waals surface area contributed by atoms with E-state index in [9.17, 15) is 14.0 Å². The van der Waals surface area contributed by atoms with Crippen molar-refractivity contribution < 1.29 is 14.0 Å². The Bertz CT molecular complexity index is 732. The number of hydrogen-bond donors (Lipinski definition) is 3. The molecule has 6 heteroatoms. The molecule has 5 nitrogen and oxygen atoms in total. The predicted octanol–water partition coefficient (Wildman–Crippen LogP) is 3.41. The van der Waals surface area contributed by atoms with Crippen LogP contribution in [0.1, 0.15) is 18.1 Å². The molecule has 0 aromatic heterocycles. The molecule has 0 aliphatic rings. The molecule has 0 saturated carbocycles. The van der Waals surface area contributed by atoms with Crippen LogP contribution in [0.5, 0.6) is 0 Å². The maximum absolute atomic E-state index is 13.5. The number of urea groups is 1. The minimum atomic E-state index is -0.564. The molecular formula is C17H18FN3O2. The highest BCUT2D eigenvalue weighted by Gasteiger charge is 2.07. The quantitative estimate of drug-likeness (QED) is 0.809. The first-order chi connectivity index (χ1) is 10.9. The van der Waals surface area contributed by atoms with Gasteiger partial charge in [0.05, 0.1) is 5.69 Å². The molecule has 0 bridgehead atoms. The van der Waals surface area contributed by atoms with Crippen LogP contribution in [-0.2, 0) is 11.3 Å². The molecule has 0 radical (unpaired) electrons. The summed E-state index contributed by atoms with van der Waals surface area (Å²) < 4.78 is 13.5. The molecule has 2 aromatic carbocycles. The normalized spacial score (nSPS) is 10.0. The van der Waals surface area contributed by atoms with Gasteiger partial charge >= 0.3 is 6.03 Å². The summed E-state index contributed by atoms with van der Waals surface area (Å²) in [4.78, 5) is 22.9. The van der Waals surface area contributed by atoms with Gasteiger partial charge in [-0.25, -0.2) is 9.18 Å². The lowest BCUT2D eigenvalue weighted by Crippen LogP contribution is -2.28. The van der Waals surface area contributed by atoms with E-state index >= 15 is 0 Å². The van der Waals surface area contributed by atoms with Crippen LogP contribution in [0.15, 0.2) is 42.5 Å². The molecule has 3 N–H and O–H groups in total. The number of hydrogen-bond acceptors (Lipinski definition) is 2. The van der Waals surface area contributed by atoms with E-state index in [0.717, 1.165) is 11.1 Å². The zero-order chi connectivity index (χ0) is 16.8. The molecule has 0 spiro atoms. The van der Waals surface area contributed by atoms with E-state index in [4.69, 9.17) is 0 Å². The fourth-order valence-electron chi connectivity index (χ4n) is 2.07. The second-order valence-electron chi connectivity index (χ2n) is 5.17. The fraction of sp³-hybridized carbons (Fsp3) is 0.176. The first kappa shape index (κ1) is 16.5. The molecule has 0 aliphatic carbocycles. The molecule has 3 amide bonds. The fourth-order valence-corrected chi connectivity index (χ4v) is 2.07. The second-order valence-corrected chi connectivity index (χ2v) is 5.17. The van der Waals surface area contributed by atoms with Gasteiger partial charge in [0.25, 0.3) is 0 Å². The van der Waals surface area contributed by atoms with E-state index in [1.807, 2.05) is 31.2 Å². The lowest BCUT2D eigenvalue weighted by molar-refractivity contribution is -0.114. The number of amides is 3. The minimum Gasteiger partial charge on any atom is -0.334 e. The van der Waals surface area contributed by atoms with Crippen molar-refractivity contribution in [1.82, 2.24) is 5.32 Å². The smallest absolute Gasteiger partial charge is 0.319 e. The van der Waals surface area contributed by atoms with Gasteiger partial charge in [-0.15, -0.1) is 0 Å². The Kier molecular flexibility index (Phi) is 5.30. The predicted molar refractivity (Wildman–Crippen MR) is 87.7 cm³/mol. The Labute approximate surface area is 133 Å². The average molecular weight is 315 g/mol. The molecule has 0 atom stereocenters. The number of carbonyl (C=O) groups excluding carboxylic acids is 2. The monoisotopic (exact) mass is 315 g/mol. The number of anilines is 2. The summed E-state index contributed by atoms with van der Waals surface area (Å²) in [6, 6.07) is 11.4. The maximum Gasteiger partial charge on any atom is 0.319 e. The summed E-state index contributed by atoms with van der Waals surface area (Å²) >= 11 is 0. The molecule has 0 aliphatic heterocycles. The van der Waals surface area contributed by atoms with Crippen molar-refractivity contribution >= 4 is 23.3 Å². The number of aryl methyl sites for hydroxylation is 1. The largest absolute Gasteiger partial charge is 0.334 e. The Morgan fingerprint density at radius 3 is 2.57 bits per heavy atom. The van der Waals surface area contributed by atoms with Gasteiger partial charge in [0.2, 0.25) is 5.91 Å². The summed E-state index contributed by atoms with van der Waals surface area (Å²) in [6.45, 7) is 3.65. The van der Waals surface area contributed by atoms with E-state index in [-0.39, 0.29) is 11.6 Å². The highest BCUT2D eigenvalue weighted by Crippen LogP contribution is 2.19. The molecule has 0 fully saturated rings. The number of nitrogens with one attached hydrogen (secondary N) is 3. The van der Waals surface area contributed by atoms with Gasteiger partial charge in [0, 0.05) is 19.2 Å². The Morgan fingerprint density at radius 2 is 1.87 bits per heavy atom. The van der Waals surface area contributed by atoms with Crippen molar-refractivity contribution in [3.63, 3.8) is 0 Å². The molecule has 0 heterocycles. The van der Waals surface area contributed by atoms with Crippen LogP contribution >= 0.6 is 0 Å². The van der Waals surface area contributed by atoms with Crippen molar-refractivity contribution in [3.05, 3.63) is 59.4 Å². The van der Waals surface area contributed by atoms with Crippen molar-refractivity contribution in [2.45, 2.75) is 20.4 Å². The van der Waals surface area contributed by atoms with Gasteiger partial charge in [-0.1, -0.05) is 29.8 Å². The first-order valence-electron chi connectivity index (χ1n) is 7.11. The summed E-state index contributed by atoms with van der Waals surface area (Å²) in [5.41, 5.74) is 2.51. The standard InChI is InChI=1S/C17H18FN3O2/c1-11-4-3-5-13(8-11)10-19-17(23)21-14-6-7-15(18)16(9-14)20-12(2)22/h3-9H,10H2,1-2H3,(H,20,22)(H2,19,21,23). The summed E-state index contributed by atoms with van der Waals surface area (Å²) in [6.07, 6.45) is 0. The SMILES string of the molecule is CC(=O)Nc1cc(NC(=O)NCc2cccc(C)c2)ccc1F. The molecule has 0 saturated heterocycles. The molecule has 2 aromatic rings. The Hall–Kier alpha value is -2.89. The number of benzene rings is 2. The van der Waals surface area contributed by atoms with Gasteiger partial charge in [0.1, 0.15) is 5.82 Å². The van der Waals surface area contributed by atoms with E-state index in [1.165, 1.54) is 25.1 Å². The maximum atomic E-state index is 13.5. The summed E-state index contributed by atoms with van der Waals surface area (Å²) in [7, 11) is 0. The lowest BCUT2D eigenvalue weighted by Gasteiger charge is -2.10. The lowest BCUT2D eigenvalue weighted by atomic mass is 10.1. The Balaban J connectivity index is 1.96. The van der Waals surface area contributed by atoms with Crippen molar-refractivity contribution in [3.8, 4) is 0 Å². The van der Waals surface area contributed by atoms with Crippen molar-refractivity contribution in [2.75, 3.05) is 10.6 Å². The number of halogens is 1. The van der Waals surface area contributed by atoms with E-state index < -0.39 is 11.8 Å². The zero-order valence-corrected chi connectivity index (χ0v) is 12.9. The third kappa shape index (κ3) is 5.10. The van der Waals surface area contributed by atoms with E-state index in [2.05, 4.69) is 16.0 Å². The summed E-state index contributed by atoms with van der Waals surface area (Å²) in [5, 5.41) is 7.68. The first-order valence-corrected chi connectivity index (χ1v) is 7.11. The third-order valence-corrected chi connectivity index (χ3v) is 3.07. The molecule has 120 valence electrons. The average Bonchev–Trinajstić information content (AvgIpc) is 2.48. The zero-order valence-electron chi connectivity index (χ0n) is 12.9. The minimum absolute atomic E-state index is 0.0222. The van der Waals surface area contributed by atoms with Gasteiger partial charge in [-0.05, 0) is 30.7 Å². The molecule has 2 rings (SSSR count). The van der Waals surface area contributed by atoms with Gasteiger partial charge in [-0.3, -0.25) is 4.79 Å². The van der Waals surface area contributed by atoms with Crippen LogP contribution < -0.4 is 16.0 Å². The van der Waals surface area contributed by atoms with Gasteiger partial charge < -0.3 is 16.0 Å². The van der Waals surface area contributed by atoms with Crippen LogP contribution in [0.2, 0.25) is 0 Å². The molecular weight excluding hydrogens is 297 g/mol. The highest BCUT2D eigenvalue weighted by molar-refractivity contribution is 5.92. The topological polar surface area (TPSA) is 70.2 Å². The second kappa shape index (κ2) is 7.40.